The van der Waals surface area contributed by atoms with Crippen LogP contribution in [0.3, 0.4) is 0 Å². The number of hydrogen-bond donors (Lipinski definition) is 1. The zero-order valence-electron chi connectivity index (χ0n) is 15.0. The van der Waals surface area contributed by atoms with E-state index in [4.69, 9.17) is 16.3 Å². The van der Waals surface area contributed by atoms with Crippen LogP contribution in [0.2, 0.25) is 5.02 Å². The van der Waals surface area contributed by atoms with E-state index in [2.05, 4.69) is 5.10 Å². The average Bonchev–Trinajstić information content (AvgIpc) is 2.88. The molecule has 26 heavy (non-hydrogen) atoms. The third kappa shape index (κ3) is 3.74. The molecule has 1 N–H and O–H groups in total. The third-order valence-electron chi connectivity index (χ3n) is 4.22. The molecule has 6 heteroatoms. The molecule has 0 bridgehead atoms. The Balaban J connectivity index is 1.78. The van der Waals surface area contributed by atoms with E-state index >= 15 is 0 Å². The number of aliphatic hydroxyl groups is 1. The molecule has 1 aliphatic heterocycles. The summed E-state index contributed by atoms with van der Waals surface area (Å²) in [5.41, 5.74) is 1.81. The highest BCUT2D eigenvalue weighted by atomic mass is 35.5. The molecular weight excluding hydrogens is 352 g/mol. The second-order valence-corrected chi connectivity index (χ2v) is 7.09. The van der Waals surface area contributed by atoms with Crippen LogP contribution in [-0.2, 0) is 10.5 Å². The Bertz CT molecular complexity index is 844. The number of hydrogen-bond acceptors (Lipinski definition) is 4. The van der Waals surface area contributed by atoms with Gasteiger partial charge in [-0.2, -0.15) is 10.1 Å². The van der Waals surface area contributed by atoms with E-state index in [0.717, 1.165) is 16.1 Å². The largest absolute Gasteiger partial charge is 0.484 e. The van der Waals surface area contributed by atoms with Crippen LogP contribution in [0.1, 0.15) is 30.0 Å². The monoisotopic (exact) mass is 372 g/mol. The van der Waals surface area contributed by atoms with Crippen molar-refractivity contribution in [3.63, 3.8) is 0 Å². The molecule has 2 aromatic carbocycles. The van der Waals surface area contributed by atoms with Gasteiger partial charge in [0.25, 0.3) is 5.91 Å². The van der Waals surface area contributed by atoms with E-state index in [1.54, 1.807) is 31.2 Å². The SMILES string of the molecule is CC1=NN(C(=O)COc2cc(C)cc(C)c2)[C@](O)(c2ccc(Cl)cc2)C1. The first-order chi connectivity index (χ1) is 12.3. The molecule has 1 aliphatic rings. The summed E-state index contributed by atoms with van der Waals surface area (Å²) >= 11 is 5.92. The van der Waals surface area contributed by atoms with Crippen LogP contribution in [0.25, 0.3) is 0 Å². The van der Waals surface area contributed by atoms with Crippen LogP contribution in [0, 0.1) is 13.8 Å². The maximum Gasteiger partial charge on any atom is 0.283 e. The summed E-state index contributed by atoms with van der Waals surface area (Å²) in [4.78, 5) is 12.7. The molecule has 0 saturated carbocycles. The molecule has 1 heterocycles. The van der Waals surface area contributed by atoms with E-state index in [1.165, 1.54) is 0 Å². The minimum absolute atomic E-state index is 0.213. The van der Waals surface area contributed by atoms with Crippen molar-refractivity contribution < 1.29 is 14.6 Å². The Morgan fingerprint density at radius 2 is 1.81 bits per heavy atom. The lowest BCUT2D eigenvalue weighted by Gasteiger charge is -2.31. The molecule has 0 saturated heterocycles. The smallest absolute Gasteiger partial charge is 0.283 e. The molecule has 2 aromatic rings. The van der Waals surface area contributed by atoms with Crippen LogP contribution < -0.4 is 4.74 Å². The summed E-state index contributed by atoms with van der Waals surface area (Å²) in [5, 5.41) is 17.0. The summed E-state index contributed by atoms with van der Waals surface area (Å²) < 4.78 is 5.63. The molecule has 0 spiro atoms. The predicted octanol–water partition coefficient (Wildman–Crippen LogP) is 3.79. The molecule has 0 aliphatic carbocycles. The number of rotatable bonds is 4. The number of carbonyl (C=O) groups is 1. The Kier molecular flexibility index (Phi) is 5.03. The van der Waals surface area contributed by atoms with Crippen molar-refractivity contribution >= 4 is 23.2 Å². The van der Waals surface area contributed by atoms with Crippen LogP contribution in [0.4, 0.5) is 0 Å². The topological polar surface area (TPSA) is 62.1 Å². The lowest BCUT2D eigenvalue weighted by atomic mass is 9.98. The Morgan fingerprint density at radius 1 is 1.19 bits per heavy atom. The lowest BCUT2D eigenvalue weighted by molar-refractivity contribution is -0.159. The van der Waals surface area contributed by atoms with Crippen molar-refractivity contribution in [3.8, 4) is 5.75 Å². The Morgan fingerprint density at radius 3 is 2.42 bits per heavy atom. The second-order valence-electron chi connectivity index (χ2n) is 6.65. The van der Waals surface area contributed by atoms with Gasteiger partial charge in [0.2, 0.25) is 0 Å². The molecule has 1 atom stereocenters. The highest BCUT2D eigenvalue weighted by Gasteiger charge is 2.44. The Hall–Kier alpha value is -2.37. The molecule has 1 amide bonds. The van der Waals surface area contributed by atoms with E-state index in [1.807, 2.05) is 32.0 Å². The second kappa shape index (κ2) is 7.09. The van der Waals surface area contributed by atoms with Crippen molar-refractivity contribution in [2.75, 3.05) is 6.61 Å². The third-order valence-corrected chi connectivity index (χ3v) is 4.48. The van der Waals surface area contributed by atoms with Crippen molar-refractivity contribution in [2.45, 2.75) is 32.9 Å². The summed E-state index contributed by atoms with van der Waals surface area (Å²) in [5.74, 6) is 0.198. The lowest BCUT2D eigenvalue weighted by Crippen LogP contribution is -2.45. The molecule has 0 aromatic heterocycles. The van der Waals surface area contributed by atoms with Gasteiger partial charge in [-0.15, -0.1) is 0 Å². The molecule has 0 radical (unpaired) electrons. The maximum atomic E-state index is 12.7. The van der Waals surface area contributed by atoms with E-state index < -0.39 is 11.6 Å². The van der Waals surface area contributed by atoms with Gasteiger partial charge < -0.3 is 9.84 Å². The standard InChI is InChI=1S/C20H21ClN2O3/c1-13-8-14(2)10-18(9-13)26-12-19(24)23-20(25,11-15(3)22-23)16-4-6-17(21)7-5-16/h4-10,25H,11-12H2,1-3H3/t20-/m1/s1. The number of amides is 1. The molecular formula is C20H21ClN2O3. The number of nitrogens with zero attached hydrogens (tertiary/aromatic N) is 2. The van der Waals surface area contributed by atoms with E-state index in [-0.39, 0.29) is 13.0 Å². The number of ether oxygens (including phenoxy) is 1. The predicted molar refractivity (Wildman–Crippen MR) is 101 cm³/mol. The fourth-order valence-corrected chi connectivity index (χ4v) is 3.27. The number of aryl methyl sites for hydroxylation is 2. The van der Waals surface area contributed by atoms with Crippen molar-refractivity contribution in [3.05, 3.63) is 64.2 Å². The van der Waals surface area contributed by atoms with Crippen molar-refractivity contribution in [1.29, 1.82) is 0 Å². The first-order valence-corrected chi connectivity index (χ1v) is 8.72. The van der Waals surface area contributed by atoms with Gasteiger partial charge in [-0.3, -0.25) is 4.79 Å². The van der Waals surface area contributed by atoms with Gasteiger partial charge in [0.15, 0.2) is 12.3 Å². The Labute approximate surface area is 157 Å². The number of carbonyl (C=O) groups excluding carboxylic acids is 1. The summed E-state index contributed by atoms with van der Waals surface area (Å²) in [6, 6.07) is 12.5. The normalized spacial score (nSPS) is 19.4. The van der Waals surface area contributed by atoms with Crippen molar-refractivity contribution in [1.82, 2.24) is 5.01 Å². The maximum absolute atomic E-state index is 12.7. The fraction of sp³-hybridized carbons (Fsp3) is 0.300. The van der Waals surface area contributed by atoms with Gasteiger partial charge >= 0.3 is 0 Å². The van der Waals surface area contributed by atoms with Crippen LogP contribution in [-0.4, -0.2) is 28.3 Å². The van der Waals surface area contributed by atoms with Crippen molar-refractivity contribution in [2.24, 2.45) is 5.10 Å². The van der Waals surface area contributed by atoms with Crippen LogP contribution in [0.15, 0.2) is 47.6 Å². The van der Waals surface area contributed by atoms with Crippen LogP contribution >= 0.6 is 11.6 Å². The van der Waals surface area contributed by atoms with Gasteiger partial charge in [-0.1, -0.05) is 29.8 Å². The molecule has 0 fully saturated rings. The molecule has 0 unspecified atom stereocenters. The van der Waals surface area contributed by atoms with Gasteiger partial charge in [0.1, 0.15) is 5.75 Å². The van der Waals surface area contributed by atoms with Crippen LogP contribution in [0.5, 0.6) is 5.75 Å². The summed E-state index contributed by atoms with van der Waals surface area (Å²) in [6.07, 6.45) is 0.240. The number of hydrazone groups is 1. The van der Waals surface area contributed by atoms with E-state index in [9.17, 15) is 9.90 Å². The summed E-state index contributed by atoms with van der Waals surface area (Å²) in [6.45, 7) is 5.50. The first-order valence-electron chi connectivity index (χ1n) is 8.34. The average molecular weight is 373 g/mol. The number of halogens is 1. The van der Waals surface area contributed by atoms with Gasteiger partial charge in [0.05, 0.1) is 0 Å². The minimum atomic E-state index is -1.53. The van der Waals surface area contributed by atoms with Gasteiger partial charge in [0, 0.05) is 22.7 Å². The van der Waals surface area contributed by atoms with Gasteiger partial charge in [-0.25, -0.2) is 0 Å². The minimum Gasteiger partial charge on any atom is -0.484 e. The molecule has 136 valence electrons. The van der Waals surface area contributed by atoms with Gasteiger partial charge in [-0.05, 0) is 56.2 Å². The highest BCUT2D eigenvalue weighted by Crippen LogP contribution is 2.35. The first kappa shape index (κ1) is 18.4. The zero-order chi connectivity index (χ0) is 18.9. The summed E-state index contributed by atoms with van der Waals surface area (Å²) in [7, 11) is 0. The highest BCUT2D eigenvalue weighted by molar-refractivity contribution is 6.30. The zero-order valence-corrected chi connectivity index (χ0v) is 15.7. The molecule has 5 nitrogen and oxygen atoms in total. The fourth-order valence-electron chi connectivity index (χ4n) is 3.15. The molecule has 3 rings (SSSR count). The quantitative estimate of drug-likeness (QED) is 0.888. The van der Waals surface area contributed by atoms with E-state index in [0.29, 0.717) is 22.0 Å². The number of benzene rings is 2.